The number of hydrogen-bond acceptors (Lipinski definition) is 3. The lowest BCUT2D eigenvalue weighted by molar-refractivity contribution is -0.121. The molecule has 5 heteroatoms. The zero-order valence-corrected chi connectivity index (χ0v) is 14.4. The predicted molar refractivity (Wildman–Crippen MR) is 93.2 cm³/mol. The third-order valence-corrected chi connectivity index (χ3v) is 5.03. The zero-order chi connectivity index (χ0) is 14.4. The summed E-state index contributed by atoms with van der Waals surface area (Å²) >= 11 is 1.59. The molecule has 0 spiro atoms. The molecule has 3 nitrogen and oxygen atoms in total. The van der Waals surface area contributed by atoms with Gasteiger partial charge in [-0.05, 0) is 43.2 Å². The lowest BCUT2D eigenvalue weighted by atomic mass is 9.81. The van der Waals surface area contributed by atoms with Crippen LogP contribution in [0.15, 0.2) is 30.3 Å². The number of rotatable bonds is 5. The number of benzene rings is 1. The van der Waals surface area contributed by atoms with Crippen LogP contribution in [0.5, 0.6) is 0 Å². The predicted octanol–water partition coefficient (Wildman–Crippen LogP) is 3.02. The number of amides is 1. The molecule has 118 valence electrons. The van der Waals surface area contributed by atoms with Gasteiger partial charge in [-0.25, -0.2) is 0 Å². The summed E-state index contributed by atoms with van der Waals surface area (Å²) in [4.78, 5) is 12.4. The molecule has 0 bridgehead atoms. The topological polar surface area (TPSA) is 41.1 Å². The molecule has 1 aromatic rings. The van der Waals surface area contributed by atoms with Gasteiger partial charge in [0.25, 0.3) is 0 Å². The van der Waals surface area contributed by atoms with E-state index in [1.165, 1.54) is 0 Å². The van der Waals surface area contributed by atoms with E-state index in [-0.39, 0.29) is 29.0 Å². The van der Waals surface area contributed by atoms with Gasteiger partial charge in [0.15, 0.2) is 0 Å². The molecular formula is C16H25ClN2OS. The monoisotopic (exact) mass is 328 g/mol. The molecule has 1 aliphatic rings. The number of thioether (sulfide) groups is 1. The Balaban J connectivity index is 0.00000220. The van der Waals surface area contributed by atoms with Crippen LogP contribution in [-0.4, -0.2) is 31.8 Å². The average molecular weight is 329 g/mol. The summed E-state index contributed by atoms with van der Waals surface area (Å²) in [7, 11) is 0. The Labute approximate surface area is 138 Å². The van der Waals surface area contributed by atoms with Crippen molar-refractivity contribution in [3.8, 4) is 0 Å². The number of nitrogens with one attached hydrogen (secondary N) is 2. The van der Waals surface area contributed by atoms with E-state index in [1.54, 1.807) is 11.8 Å². The molecule has 1 aromatic carbocycles. The minimum Gasteiger partial charge on any atom is -0.354 e. The summed E-state index contributed by atoms with van der Waals surface area (Å²) < 4.78 is 0. The fourth-order valence-electron chi connectivity index (χ4n) is 2.62. The molecule has 21 heavy (non-hydrogen) atoms. The van der Waals surface area contributed by atoms with Crippen molar-refractivity contribution in [1.29, 1.82) is 0 Å². The first-order chi connectivity index (χ1) is 9.64. The Bertz CT molecular complexity index is 435. The van der Waals surface area contributed by atoms with Crippen molar-refractivity contribution in [2.45, 2.75) is 25.0 Å². The van der Waals surface area contributed by atoms with Crippen LogP contribution in [0.25, 0.3) is 0 Å². The smallest absolute Gasteiger partial charge is 0.237 e. The maximum Gasteiger partial charge on any atom is 0.237 e. The van der Waals surface area contributed by atoms with E-state index in [0.29, 0.717) is 0 Å². The minimum absolute atomic E-state index is 0. The third kappa shape index (κ3) is 5.20. The average Bonchev–Trinajstić information content (AvgIpc) is 2.48. The van der Waals surface area contributed by atoms with Crippen LogP contribution in [0.3, 0.4) is 0 Å². The summed E-state index contributed by atoms with van der Waals surface area (Å²) in [5.74, 6) is 0.128. The van der Waals surface area contributed by atoms with Gasteiger partial charge >= 0.3 is 0 Å². The summed E-state index contributed by atoms with van der Waals surface area (Å²) in [5.41, 5.74) is 1.31. The Morgan fingerprint density at radius 2 is 1.95 bits per heavy atom. The van der Waals surface area contributed by atoms with Crippen LogP contribution in [0.2, 0.25) is 0 Å². The highest BCUT2D eigenvalue weighted by Crippen LogP contribution is 2.29. The van der Waals surface area contributed by atoms with Crippen LogP contribution in [0.4, 0.5) is 0 Å². The van der Waals surface area contributed by atoms with Gasteiger partial charge in [0, 0.05) is 6.54 Å². The van der Waals surface area contributed by atoms with Crippen molar-refractivity contribution in [2.24, 2.45) is 5.41 Å². The Hall–Kier alpha value is -0.710. The first-order valence-electron chi connectivity index (χ1n) is 7.21. The summed E-state index contributed by atoms with van der Waals surface area (Å²) in [6.45, 7) is 5.15. The maximum absolute atomic E-state index is 12.4. The van der Waals surface area contributed by atoms with Gasteiger partial charge in [0.1, 0.15) is 5.25 Å². The van der Waals surface area contributed by atoms with Crippen molar-refractivity contribution in [3.63, 3.8) is 0 Å². The second-order valence-corrected chi connectivity index (χ2v) is 6.75. The molecule has 1 amide bonds. The van der Waals surface area contributed by atoms with Gasteiger partial charge in [0.05, 0.1) is 0 Å². The summed E-state index contributed by atoms with van der Waals surface area (Å²) in [6.07, 6.45) is 4.24. The fourth-order valence-corrected chi connectivity index (χ4v) is 3.35. The van der Waals surface area contributed by atoms with Crippen molar-refractivity contribution < 1.29 is 4.79 Å². The highest BCUT2D eigenvalue weighted by atomic mass is 35.5. The largest absolute Gasteiger partial charge is 0.354 e. The SMILES string of the molecule is CSC(C(=O)NCC1(C)CCNCC1)c1ccccc1.Cl. The zero-order valence-electron chi connectivity index (χ0n) is 12.7. The van der Waals surface area contributed by atoms with Crippen LogP contribution in [0, 0.1) is 5.41 Å². The molecule has 1 atom stereocenters. The standard InChI is InChI=1S/C16H24N2OS.ClH/c1-16(8-10-17-11-9-16)12-18-15(19)14(20-2)13-6-4-3-5-7-13;/h3-7,14,17H,8-12H2,1-2H3,(H,18,19);1H. The van der Waals surface area contributed by atoms with Crippen LogP contribution in [-0.2, 0) is 4.79 Å². The third-order valence-electron chi connectivity index (χ3n) is 4.08. The van der Waals surface area contributed by atoms with Crippen molar-refractivity contribution in [2.75, 3.05) is 25.9 Å². The summed E-state index contributed by atoms with van der Waals surface area (Å²) in [6, 6.07) is 9.99. The second kappa shape index (κ2) is 8.66. The Kier molecular flexibility index (Phi) is 7.57. The molecule has 1 aliphatic heterocycles. The van der Waals surface area contributed by atoms with Crippen molar-refractivity contribution in [3.05, 3.63) is 35.9 Å². The molecule has 1 fully saturated rings. The highest BCUT2D eigenvalue weighted by molar-refractivity contribution is 7.99. The molecule has 1 unspecified atom stereocenters. The van der Waals surface area contributed by atoms with Crippen LogP contribution >= 0.6 is 24.2 Å². The molecule has 1 heterocycles. The number of halogens is 1. The number of piperidine rings is 1. The van der Waals surface area contributed by atoms with Crippen LogP contribution < -0.4 is 10.6 Å². The molecule has 0 saturated carbocycles. The summed E-state index contributed by atoms with van der Waals surface area (Å²) in [5, 5.41) is 6.42. The van der Waals surface area contributed by atoms with Gasteiger partial charge < -0.3 is 10.6 Å². The van der Waals surface area contributed by atoms with E-state index < -0.39 is 0 Å². The fraction of sp³-hybridized carbons (Fsp3) is 0.562. The first-order valence-corrected chi connectivity index (χ1v) is 8.50. The van der Waals surface area contributed by atoms with Gasteiger partial charge in [-0.2, -0.15) is 0 Å². The van der Waals surface area contributed by atoms with Gasteiger partial charge in [-0.1, -0.05) is 37.3 Å². The lowest BCUT2D eigenvalue weighted by Crippen LogP contribution is -2.43. The van der Waals surface area contributed by atoms with Crippen molar-refractivity contribution >= 4 is 30.1 Å². The van der Waals surface area contributed by atoms with Gasteiger partial charge in [-0.15, -0.1) is 24.2 Å². The number of hydrogen-bond donors (Lipinski definition) is 2. The number of carbonyl (C=O) groups is 1. The molecule has 2 N–H and O–H groups in total. The Morgan fingerprint density at radius 1 is 1.33 bits per heavy atom. The van der Waals surface area contributed by atoms with E-state index in [9.17, 15) is 4.79 Å². The molecule has 0 radical (unpaired) electrons. The molecule has 2 rings (SSSR count). The normalized spacial score (nSPS) is 18.4. The van der Waals surface area contributed by atoms with E-state index in [2.05, 4.69) is 17.6 Å². The minimum atomic E-state index is -0.110. The van der Waals surface area contributed by atoms with Gasteiger partial charge in [-0.3, -0.25) is 4.79 Å². The molecule has 1 saturated heterocycles. The highest BCUT2D eigenvalue weighted by Gasteiger charge is 2.28. The molecular weight excluding hydrogens is 304 g/mol. The van der Waals surface area contributed by atoms with Crippen LogP contribution in [0.1, 0.15) is 30.6 Å². The van der Waals surface area contributed by atoms with E-state index in [4.69, 9.17) is 0 Å². The first kappa shape index (κ1) is 18.3. The quantitative estimate of drug-likeness (QED) is 0.873. The van der Waals surface area contributed by atoms with E-state index >= 15 is 0 Å². The molecule has 0 aromatic heterocycles. The second-order valence-electron chi connectivity index (χ2n) is 5.80. The van der Waals surface area contributed by atoms with Crippen molar-refractivity contribution in [1.82, 2.24) is 10.6 Å². The number of carbonyl (C=O) groups excluding carboxylic acids is 1. The molecule has 0 aliphatic carbocycles. The maximum atomic E-state index is 12.4. The van der Waals surface area contributed by atoms with Gasteiger partial charge in [0.2, 0.25) is 5.91 Å². The van der Waals surface area contributed by atoms with E-state index in [1.807, 2.05) is 36.6 Å². The lowest BCUT2D eigenvalue weighted by Gasteiger charge is -2.34. The van der Waals surface area contributed by atoms with E-state index in [0.717, 1.165) is 38.0 Å². The Morgan fingerprint density at radius 3 is 2.52 bits per heavy atom.